The van der Waals surface area contributed by atoms with Crippen LogP contribution in [-0.2, 0) is 16.6 Å². The fraction of sp³-hybridized carbons (Fsp3) is 0.143. The minimum Gasteiger partial charge on any atom is -0.326 e. The Hall–Kier alpha value is -1.44. The average Bonchev–Trinajstić information content (AvgIpc) is 2.41. The fourth-order valence-corrected chi connectivity index (χ4v) is 3.66. The lowest BCUT2D eigenvalue weighted by molar-refractivity contribution is 0.569. The molecule has 0 fully saturated rings. The first-order valence-electron chi connectivity index (χ1n) is 6.11. The predicted molar refractivity (Wildman–Crippen MR) is 84.0 cm³/mol. The van der Waals surface area contributed by atoms with Crippen LogP contribution in [0, 0.1) is 12.7 Å². The Morgan fingerprint density at radius 3 is 2.52 bits per heavy atom. The molecule has 7 heteroatoms. The molecular formula is C14H14BrFN2O2S. The molecule has 0 bridgehead atoms. The Labute approximate surface area is 131 Å². The van der Waals surface area contributed by atoms with Crippen LogP contribution in [0.5, 0.6) is 0 Å². The van der Waals surface area contributed by atoms with E-state index in [0.29, 0.717) is 15.7 Å². The van der Waals surface area contributed by atoms with Gasteiger partial charge >= 0.3 is 0 Å². The van der Waals surface area contributed by atoms with Gasteiger partial charge in [-0.15, -0.1) is 0 Å². The van der Waals surface area contributed by atoms with E-state index in [0.717, 1.165) is 11.6 Å². The van der Waals surface area contributed by atoms with Crippen LogP contribution in [0.2, 0.25) is 0 Å². The van der Waals surface area contributed by atoms with Crippen LogP contribution >= 0.6 is 15.9 Å². The molecule has 0 aromatic heterocycles. The highest BCUT2D eigenvalue weighted by molar-refractivity contribution is 9.10. The summed E-state index contributed by atoms with van der Waals surface area (Å²) in [4.78, 5) is -0.410. The second-order valence-electron chi connectivity index (χ2n) is 4.56. The Balaban J connectivity index is 2.38. The summed E-state index contributed by atoms with van der Waals surface area (Å²) < 4.78 is 41.4. The number of rotatable bonds is 4. The number of nitrogens with one attached hydrogen (secondary N) is 1. The molecule has 3 N–H and O–H groups in total. The summed E-state index contributed by atoms with van der Waals surface area (Å²) in [6.07, 6.45) is 0. The van der Waals surface area contributed by atoms with Gasteiger partial charge in [-0.2, -0.15) is 0 Å². The van der Waals surface area contributed by atoms with Crippen molar-refractivity contribution in [1.29, 1.82) is 0 Å². The standard InChI is InChI=1S/C14H14BrFN2O2S/c1-9-2-4-13(11(15)6-9)18-21(19,20)14-5-3-10(8-17)7-12(14)16/h2-7,18H,8,17H2,1H3. The van der Waals surface area contributed by atoms with Gasteiger partial charge in [0.05, 0.1) is 5.69 Å². The van der Waals surface area contributed by atoms with Crippen molar-refractivity contribution in [2.24, 2.45) is 5.73 Å². The van der Waals surface area contributed by atoms with Crippen molar-refractivity contribution in [2.45, 2.75) is 18.4 Å². The zero-order valence-corrected chi connectivity index (χ0v) is 13.6. The number of halogens is 2. The molecule has 0 atom stereocenters. The van der Waals surface area contributed by atoms with E-state index in [1.54, 1.807) is 18.2 Å². The van der Waals surface area contributed by atoms with Crippen LogP contribution in [0.1, 0.15) is 11.1 Å². The zero-order valence-electron chi connectivity index (χ0n) is 11.2. The third-order valence-corrected chi connectivity index (χ3v) is 4.95. The molecule has 0 radical (unpaired) electrons. The van der Waals surface area contributed by atoms with Gasteiger partial charge in [0.1, 0.15) is 10.7 Å². The molecule has 0 saturated carbocycles. The molecule has 0 saturated heterocycles. The third kappa shape index (κ3) is 3.61. The Kier molecular flexibility index (Phi) is 4.65. The van der Waals surface area contributed by atoms with Gasteiger partial charge in [0.2, 0.25) is 0 Å². The summed E-state index contributed by atoms with van der Waals surface area (Å²) in [7, 11) is -4.00. The number of anilines is 1. The van der Waals surface area contributed by atoms with E-state index in [9.17, 15) is 12.8 Å². The quantitative estimate of drug-likeness (QED) is 0.865. The van der Waals surface area contributed by atoms with E-state index in [1.165, 1.54) is 12.1 Å². The lowest BCUT2D eigenvalue weighted by Crippen LogP contribution is -2.15. The highest BCUT2D eigenvalue weighted by Crippen LogP contribution is 2.27. The maximum atomic E-state index is 13.9. The summed E-state index contributed by atoms with van der Waals surface area (Å²) in [5, 5.41) is 0. The first-order chi connectivity index (χ1) is 9.83. The van der Waals surface area contributed by atoms with Crippen molar-refractivity contribution in [3.63, 3.8) is 0 Å². The Morgan fingerprint density at radius 2 is 1.95 bits per heavy atom. The minimum atomic E-state index is -4.00. The van der Waals surface area contributed by atoms with E-state index >= 15 is 0 Å². The molecule has 2 rings (SSSR count). The van der Waals surface area contributed by atoms with Crippen molar-refractivity contribution >= 4 is 31.6 Å². The second-order valence-corrected chi connectivity index (χ2v) is 7.06. The molecule has 2 aromatic rings. The summed E-state index contributed by atoms with van der Waals surface area (Å²) >= 11 is 3.28. The molecule has 2 aromatic carbocycles. The number of nitrogens with two attached hydrogens (primary N) is 1. The van der Waals surface area contributed by atoms with Crippen molar-refractivity contribution in [2.75, 3.05) is 4.72 Å². The molecular weight excluding hydrogens is 359 g/mol. The number of hydrogen-bond donors (Lipinski definition) is 2. The Bertz CT molecular complexity index is 779. The van der Waals surface area contributed by atoms with Crippen LogP contribution < -0.4 is 10.5 Å². The van der Waals surface area contributed by atoms with Crippen molar-refractivity contribution in [1.82, 2.24) is 0 Å². The molecule has 0 heterocycles. The molecule has 4 nitrogen and oxygen atoms in total. The second kappa shape index (κ2) is 6.13. The number of benzene rings is 2. The van der Waals surface area contributed by atoms with Gasteiger partial charge < -0.3 is 5.73 Å². The Morgan fingerprint density at radius 1 is 1.24 bits per heavy atom. The van der Waals surface area contributed by atoms with Gasteiger partial charge in [-0.3, -0.25) is 4.72 Å². The number of aryl methyl sites for hydroxylation is 1. The predicted octanol–water partition coefficient (Wildman–Crippen LogP) is 3.16. The van der Waals surface area contributed by atoms with Gasteiger partial charge in [0.25, 0.3) is 10.0 Å². The summed E-state index contributed by atoms with van der Waals surface area (Å²) in [5.74, 6) is -0.825. The van der Waals surface area contributed by atoms with Crippen LogP contribution in [0.4, 0.5) is 10.1 Å². The van der Waals surface area contributed by atoms with Gasteiger partial charge in [0.15, 0.2) is 0 Å². The van der Waals surface area contributed by atoms with Crippen molar-refractivity contribution in [3.8, 4) is 0 Å². The smallest absolute Gasteiger partial charge is 0.264 e. The van der Waals surface area contributed by atoms with Gasteiger partial charge in [-0.25, -0.2) is 12.8 Å². The summed E-state index contributed by atoms with van der Waals surface area (Å²) in [6.45, 7) is 2.03. The normalized spacial score (nSPS) is 11.4. The lowest BCUT2D eigenvalue weighted by atomic mass is 10.2. The van der Waals surface area contributed by atoms with Crippen LogP contribution in [0.3, 0.4) is 0 Å². The largest absolute Gasteiger partial charge is 0.326 e. The van der Waals surface area contributed by atoms with Gasteiger partial charge in [-0.05, 0) is 58.2 Å². The SMILES string of the molecule is Cc1ccc(NS(=O)(=O)c2ccc(CN)cc2F)c(Br)c1. The number of sulfonamides is 1. The van der Waals surface area contributed by atoms with Crippen LogP contribution in [-0.4, -0.2) is 8.42 Å². The van der Waals surface area contributed by atoms with Crippen molar-refractivity contribution in [3.05, 3.63) is 57.8 Å². The highest BCUT2D eigenvalue weighted by atomic mass is 79.9. The zero-order chi connectivity index (χ0) is 15.6. The van der Waals surface area contributed by atoms with Crippen molar-refractivity contribution < 1.29 is 12.8 Å². The molecule has 112 valence electrons. The molecule has 0 unspecified atom stereocenters. The monoisotopic (exact) mass is 372 g/mol. The maximum absolute atomic E-state index is 13.9. The molecule has 0 aliphatic heterocycles. The molecule has 0 amide bonds. The lowest BCUT2D eigenvalue weighted by Gasteiger charge is -2.11. The first-order valence-corrected chi connectivity index (χ1v) is 8.38. The maximum Gasteiger partial charge on any atom is 0.264 e. The third-order valence-electron chi connectivity index (χ3n) is 2.89. The van der Waals surface area contributed by atoms with Gasteiger partial charge in [0, 0.05) is 11.0 Å². The summed E-state index contributed by atoms with van der Waals surface area (Å²) in [6, 6.07) is 8.97. The molecule has 0 spiro atoms. The average molecular weight is 373 g/mol. The van der Waals surface area contributed by atoms with E-state index < -0.39 is 20.7 Å². The van der Waals surface area contributed by atoms with Crippen LogP contribution in [0.25, 0.3) is 0 Å². The fourth-order valence-electron chi connectivity index (χ4n) is 1.79. The molecule has 0 aliphatic carbocycles. The van der Waals surface area contributed by atoms with E-state index in [4.69, 9.17) is 5.73 Å². The number of hydrogen-bond acceptors (Lipinski definition) is 3. The van der Waals surface area contributed by atoms with E-state index in [-0.39, 0.29) is 6.54 Å². The summed E-state index contributed by atoms with van der Waals surface area (Å²) in [5.41, 5.74) is 7.25. The van der Waals surface area contributed by atoms with Crippen LogP contribution in [0.15, 0.2) is 45.8 Å². The molecule has 0 aliphatic rings. The van der Waals surface area contributed by atoms with E-state index in [2.05, 4.69) is 20.7 Å². The van der Waals surface area contributed by atoms with Gasteiger partial charge in [-0.1, -0.05) is 12.1 Å². The molecule has 21 heavy (non-hydrogen) atoms. The topological polar surface area (TPSA) is 72.2 Å². The first kappa shape index (κ1) is 15.9. The highest BCUT2D eigenvalue weighted by Gasteiger charge is 2.20. The van der Waals surface area contributed by atoms with E-state index in [1.807, 2.05) is 6.92 Å². The minimum absolute atomic E-state index is 0.147.